The lowest BCUT2D eigenvalue weighted by Crippen LogP contribution is -2.21. The molecule has 0 bridgehead atoms. The van der Waals surface area contributed by atoms with E-state index >= 15 is 0 Å². The van der Waals surface area contributed by atoms with Crippen LogP contribution >= 0.6 is 0 Å². The number of amides is 1. The summed E-state index contributed by atoms with van der Waals surface area (Å²) >= 11 is 0. The van der Waals surface area contributed by atoms with Crippen molar-refractivity contribution in [3.05, 3.63) is 101 Å². The van der Waals surface area contributed by atoms with Gasteiger partial charge in [0.15, 0.2) is 6.61 Å². The molecule has 4 heteroatoms. The van der Waals surface area contributed by atoms with Crippen LogP contribution < -0.4 is 5.32 Å². The van der Waals surface area contributed by atoms with Gasteiger partial charge >= 0.3 is 5.97 Å². The number of anilines is 1. The number of benzene rings is 3. The standard InChI is InChI=1S/C25H25NO3/c1-2-19-13-16-22(17-14-19)26-24(27)18-29-25(28)23-11-7-6-10-21(23)15-12-20-8-4-3-5-9-20/h3-11,13-14,16-17H,2,12,15,18H2,1H3,(H,26,27). The molecule has 0 heterocycles. The Hall–Kier alpha value is -3.40. The highest BCUT2D eigenvalue weighted by atomic mass is 16.5. The molecule has 0 aromatic heterocycles. The van der Waals surface area contributed by atoms with Gasteiger partial charge in [-0.3, -0.25) is 4.79 Å². The molecule has 0 spiro atoms. The number of rotatable bonds is 8. The zero-order chi connectivity index (χ0) is 20.5. The third-order valence-electron chi connectivity index (χ3n) is 4.74. The van der Waals surface area contributed by atoms with Crippen LogP contribution in [0.15, 0.2) is 78.9 Å². The summed E-state index contributed by atoms with van der Waals surface area (Å²) in [6.07, 6.45) is 2.50. The fraction of sp³-hybridized carbons (Fsp3) is 0.200. The van der Waals surface area contributed by atoms with E-state index in [0.717, 1.165) is 24.8 Å². The second-order valence-electron chi connectivity index (χ2n) is 6.82. The molecule has 1 amide bonds. The molecular formula is C25H25NO3. The highest BCUT2D eigenvalue weighted by Crippen LogP contribution is 2.14. The number of carbonyl (C=O) groups excluding carboxylic acids is 2. The molecule has 0 fully saturated rings. The first kappa shape index (κ1) is 20.3. The van der Waals surface area contributed by atoms with Gasteiger partial charge in [0.2, 0.25) is 0 Å². The largest absolute Gasteiger partial charge is 0.452 e. The molecule has 0 unspecified atom stereocenters. The molecule has 0 saturated heterocycles. The van der Waals surface area contributed by atoms with Crippen LogP contribution in [0.1, 0.15) is 34.0 Å². The first-order valence-electron chi connectivity index (χ1n) is 9.83. The molecule has 4 nitrogen and oxygen atoms in total. The van der Waals surface area contributed by atoms with E-state index in [2.05, 4.69) is 24.4 Å². The quantitative estimate of drug-likeness (QED) is 0.563. The smallest absolute Gasteiger partial charge is 0.338 e. The molecule has 3 aromatic rings. The predicted molar refractivity (Wildman–Crippen MR) is 115 cm³/mol. The van der Waals surface area contributed by atoms with E-state index in [1.807, 2.05) is 54.6 Å². The van der Waals surface area contributed by atoms with Crippen LogP contribution in [0.4, 0.5) is 5.69 Å². The summed E-state index contributed by atoms with van der Waals surface area (Å²) in [5.41, 5.74) is 4.51. The lowest BCUT2D eigenvalue weighted by molar-refractivity contribution is -0.119. The van der Waals surface area contributed by atoms with Crippen molar-refractivity contribution in [3.8, 4) is 0 Å². The van der Waals surface area contributed by atoms with Crippen molar-refractivity contribution in [3.63, 3.8) is 0 Å². The Morgan fingerprint density at radius 3 is 2.21 bits per heavy atom. The number of hydrogen-bond donors (Lipinski definition) is 1. The van der Waals surface area contributed by atoms with Gasteiger partial charge in [-0.05, 0) is 54.2 Å². The van der Waals surface area contributed by atoms with Gasteiger partial charge in [0.1, 0.15) is 0 Å². The number of nitrogens with one attached hydrogen (secondary N) is 1. The van der Waals surface area contributed by atoms with Crippen molar-refractivity contribution in [2.75, 3.05) is 11.9 Å². The summed E-state index contributed by atoms with van der Waals surface area (Å²) in [5.74, 6) is -0.838. The van der Waals surface area contributed by atoms with Crippen LogP contribution in [0, 0.1) is 0 Å². The van der Waals surface area contributed by atoms with Gasteiger partial charge in [0, 0.05) is 5.69 Å². The number of aryl methyl sites for hydroxylation is 3. The first-order chi connectivity index (χ1) is 14.2. The van der Waals surface area contributed by atoms with Crippen LogP contribution in [-0.4, -0.2) is 18.5 Å². The summed E-state index contributed by atoms with van der Waals surface area (Å²) in [6, 6.07) is 25.1. The second kappa shape index (κ2) is 10.2. The van der Waals surface area contributed by atoms with Gasteiger partial charge in [0.05, 0.1) is 5.56 Å². The van der Waals surface area contributed by atoms with E-state index < -0.39 is 5.97 Å². The number of esters is 1. The Balaban J connectivity index is 1.55. The average molecular weight is 387 g/mol. The topological polar surface area (TPSA) is 55.4 Å². The summed E-state index contributed by atoms with van der Waals surface area (Å²) in [4.78, 5) is 24.6. The van der Waals surface area contributed by atoms with E-state index in [1.54, 1.807) is 12.1 Å². The summed E-state index contributed by atoms with van der Waals surface area (Å²) in [6.45, 7) is 1.76. The average Bonchev–Trinajstić information content (AvgIpc) is 2.77. The first-order valence-corrected chi connectivity index (χ1v) is 9.83. The van der Waals surface area contributed by atoms with Gasteiger partial charge in [-0.25, -0.2) is 4.79 Å². The van der Waals surface area contributed by atoms with E-state index in [0.29, 0.717) is 11.3 Å². The van der Waals surface area contributed by atoms with Crippen molar-refractivity contribution in [2.24, 2.45) is 0 Å². The highest BCUT2D eigenvalue weighted by molar-refractivity contribution is 5.96. The molecule has 0 radical (unpaired) electrons. The maximum Gasteiger partial charge on any atom is 0.338 e. The SMILES string of the molecule is CCc1ccc(NC(=O)COC(=O)c2ccccc2CCc2ccccc2)cc1. The molecule has 0 aliphatic rings. The number of carbonyl (C=O) groups is 2. The minimum absolute atomic E-state index is 0.318. The van der Waals surface area contributed by atoms with Crippen LogP contribution in [0.3, 0.4) is 0 Å². The second-order valence-corrected chi connectivity index (χ2v) is 6.82. The Bertz CT molecular complexity index is 949. The summed E-state index contributed by atoms with van der Waals surface area (Å²) in [7, 11) is 0. The van der Waals surface area contributed by atoms with E-state index in [4.69, 9.17) is 4.74 Å². The fourth-order valence-corrected chi connectivity index (χ4v) is 3.09. The zero-order valence-electron chi connectivity index (χ0n) is 16.6. The molecule has 3 rings (SSSR count). The van der Waals surface area contributed by atoms with Crippen LogP contribution in [0.25, 0.3) is 0 Å². The van der Waals surface area contributed by atoms with Gasteiger partial charge < -0.3 is 10.1 Å². The molecule has 0 aliphatic carbocycles. The lowest BCUT2D eigenvalue weighted by atomic mass is 10.00. The zero-order valence-corrected chi connectivity index (χ0v) is 16.6. The minimum atomic E-state index is -0.481. The maximum absolute atomic E-state index is 12.5. The van der Waals surface area contributed by atoms with Crippen molar-refractivity contribution in [1.82, 2.24) is 0 Å². The number of hydrogen-bond acceptors (Lipinski definition) is 3. The van der Waals surface area contributed by atoms with Gasteiger partial charge in [0.25, 0.3) is 5.91 Å². The predicted octanol–water partition coefficient (Wildman–Crippen LogP) is 4.83. The van der Waals surface area contributed by atoms with Crippen molar-refractivity contribution in [2.45, 2.75) is 26.2 Å². The summed E-state index contributed by atoms with van der Waals surface area (Å²) < 4.78 is 5.25. The van der Waals surface area contributed by atoms with Crippen molar-refractivity contribution < 1.29 is 14.3 Å². The van der Waals surface area contributed by atoms with Crippen LogP contribution in [-0.2, 0) is 28.8 Å². The van der Waals surface area contributed by atoms with Gasteiger partial charge in [-0.2, -0.15) is 0 Å². The minimum Gasteiger partial charge on any atom is -0.452 e. The van der Waals surface area contributed by atoms with E-state index in [1.165, 1.54) is 11.1 Å². The Labute approximate surface area is 171 Å². The van der Waals surface area contributed by atoms with Gasteiger partial charge in [-0.1, -0.05) is 67.6 Å². The van der Waals surface area contributed by atoms with Crippen LogP contribution in [0.2, 0.25) is 0 Å². The number of ether oxygens (including phenoxy) is 1. The molecule has 0 aliphatic heterocycles. The summed E-state index contributed by atoms with van der Waals surface area (Å²) in [5, 5.41) is 2.75. The Kier molecular flexibility index (Phi) is 7.17. The van der Waals surface area contributed by atoms with E-state index in [9.17, 15) is 9.59 Å². The molecule has 148 valence electrons. The molecule has 0 atom stereocenters. The molecule has 3 aromatic carbocycles. The van der Waals surface area contributed by atoms with Crippen molar-refractivity contribution >= 4 is 17.6 Å². The van der Waals surface area contributed by atoms with E-state index in [-0.39, 0.29) is 12.5 Å². The third kappa shape index (κ3) is 6.04. The Morgan fingerprint density at radius 2 is 1.48 bits per heavy atom. The van der Waals surface area contributed by atoms with Gasteiger partial charge in [-0.15, -0.1) is 0 Å². The molecular weight excluding hydrogens is 362 g/mol. The van der Waals surface area contributed by atoms with Crippen LogP contribution in [0.5, 0.6) is 0 Å². The lowest BCUT2D eigenvalue weighted by Gasteiger charge is -2.10. The third-order valence-corrected chi connectivity index (χ3v) is 4.74. The molecule has 29 heavy (non-hydrogen) atoms. The molecule has 0 saturated carbocycles. The fourth-order valence-electron chi connectivity index (χ4n) is 3.09. The highest BCUT2D eigenvalue weighted by Gasteiger charge is 2.14. The maximum atomic E-state index is 12.5. The van der Waals surface area contributed by atoms with Crippen molar-refractivity contribution in [1.29, 1.82) is 0 Å². The normalized spacial score (nSPS) is 10.4. The monoisotopic (exact) mass is 387 g/mol. The Morgan fingerprint density at radius 1 is 0.793 bits per heavy atom. The molecule has 1 N–H and O–H groups in total.